The van der Waals surface area contributed by atoms with Crippen LogP contribution in [0.15, 0.2) is 24.3 Å². The van der Waals surface area contributed by atoms with Crippen molar-refractivity contribution in [3.63, 3.8) is 0 Å². The predicted molar refractivity (Wildman–Crippen MR) is 82.5 cm³/mol. The maximum Gasteiger partial charge on any atom is 0.230 e. The molecule has 1 aromatic carbocycles. The van der Waals surface area contributed by atoms with E-state index in [1.54, 1.807) is 12.1 Å². The molecule has 0 spiro atoms. The van der Waals surface area contributed by atoms with Crippen LogP contribution in [0.5, 0.6) is 0 Å². The smallest absolute Gasteiger partial charge is 0.230 e. The zero-order valence-corrected chi connectivity index (χ0v) is 12.9. The van der Waals surface area contributed by atoms with Gasteiger partial charge in [-0.15, -0.1) is 0 Å². The molecular formula is C17H23N3O. The van der Waals surface area contributed by atoms with Gasteiger partial charge in [0.2, 0.25) is 5.91 Å². The first-order valence-corrected chi connectivity index (χ1v) is 7.56. The van der Waals surface area contributed by atoms with Crippen molar-refractivity contribution in [1.29, 1.82) is 5.26 Å². The van der Waals surface area contributed by atoms with Crippen LogP contribution in [0.1, 0.15) is 37.3 Å². The molecule has 1 aliphatic rings. The Morgan fingerprint density at radius 1 is 1.43 bits per heavy atom. The van der Waals surface area contributed by atoms with E-state index in [2.05, 4.69) is 18.3 Å². The lowest BCUT2D eigenvalue weighted by Gasteiger charge is -2.31. The Bertz CT molecular complexity index is 524. The monoisotopic (exact) mass is 285 g/mol. The van der Waals surface area contributed by atoms with Crippen molar-refractivity contribution in [2.75, 3.05) is 20.1 Å². The third kappa shape index (κ3) is 3.43. The first kappa shape index (κ1) is 15.5. The Labute approximate surface area is 126 Å². The van der Waals surface area contributed by atoms with Crippen LogP contribution in [0.2, 0.25) is 0 Å². The van der Waals surface area contributed by atoms with Gasteiger partial charge in [-0.3, -0.25) is 4.79 Å². The van der Waals surface area contributed by atoms with E-state index < -0.39 is 0 Å². The molecule has 21 heavy (non-hydrogen) atoms. The van der Waals surface area contributed by atoms with Crippen LogP contribution in [-0.4, -0.2) is 30.9 Å². The molecule has 1 N–H and O–H groups in total. The highest BCUT2D eigenvalue weighted by molar-refractivity contribution is 5.83. The summed E-state index contributed by atoms with van der Waals surface area (Å²) in [6.07, 6.45) is 2.89. The minimum atomic E-state index is -0.226. The molecule has 1 aromatic rings. The molecule has 4 nitrogen and oxygen atoms in total. The Kier molecular flexibility index (Phi) is 4.98. The number of amides is 1. The molecular weight excluding hydrogens is 262 g/mol. The van der Waals surface area contributed by atoms with E-state index in [-0.39, 0.29) is 11.3 Å². The Morgan fingerprint density at radius 3 is 2.67 bits per heavy atom. The number of hydrogen-bond donors (Lipinski definition) is 1. The average molecular weight is 285 g/mol. The molecule has 1 unspecified atom stereocenters. The van der Waals surface area contributed by atoms with Gasteiger partial charge in [0.25, 0.3) is 0 Å². The molecule has 1 amide bonds. The molecule has 112 valence electrons. The van der Waals surface area contributed by atoms with Crippen LogP contribution in [0.4, 0.5) is 0 Å². The van der Waals surface area contributed by atoms with Crippen LogP contribution in [0, 0.1) is 16.7 Å². The summed E-state index contributed by atoms with van der Waals surface area (Å²) in [5, 5.41) is 12.1. The highest BCUT2D eigenvalue weighted by Gasteiger charge is 2.41. The minimum absolute atomic E-state index is 0.226. The number of carbonyl (C=O) groups is 1. The number of rotatable bonds is 5. The second-order valence-corrected chi connectivity index (χ2v) is 5.93. The summed E-state index contributed by atoms with van der Waals surface area (Å²) in [6.45, 7) is 4.44. The SMILES string of the molecule is CCCC1(C(=O)N(C)Cc2ccc(C#N)cc2)CCNC1. The standard InChI is InChI=1S/C17H23N3O/c1-3-8-17(9-10-19-13-17)16(21)20(2)12-15-6-4-14(11-18)5-7-15/h4-7,19H,3,8-10,12-13H2,1-2H3. The topological polar surface area (TPSA) is 56.1 Å². The fraction of sp³-hybridized carbons (Fsp3) is 0.529. The number of benzene rings is 1. The maximum atomic E-state index is 12.8. The van der Waals surface area contributed by atoms with E-state index in [0.29, 0.717) is 12.1 Å². The summed E-state index contributed by atoms with van der Waals surface area (Å²) in [6, 6.07) is 9.54. The van der Waals surface area contributed by atoms with Crippen LogP contribution < -0.4 is 5.32 Å². The summed E-state index contributed by atoms with van der Waals surface area (Å²) in [4.78, 5) is 14.6. The normalized spacial score (nSPS) is 21.0. The van der Waals surface area contributed by atoms with Crippen molar-refractivity contribution in [1.82, 2.24) is 10.2 Å². The highest BCUT2D eigenvalue weighted by Crippen LogP contribution is 2.33. The van der Waals surface area contributed by atoms with Crippen molar-refractivity contribution >= 4 is 5.91 Å². The van der Waals surface area contributed by atoms with Gasteiger partial charge >= 0.3 is 0 Å². The van der Waals surface area contributed by atoms with Gasteiger partial charge in [-0.25, -0.2) is 0 Å². The molecule has 1 heterocycles. The molecule has 1 atom stereocenters. The first-order valence-electron chi connectivity index (χ1n) is 7.56. The molecule has 4 heteroatoms. The molecule has 0 aromatic heterocycles. The van der Waals surface area contributed by atoms with Gasteiger partial charge in [-0.05, 0) is 37.1 Å². The number of carbonyl (C=O) groups excluding carboxylic acids is 1. The maximum absolute atomic E-state index is 12.8. The van der Waals surface area contributed by atoms with Crippen molar-refractivity contribution < 1.29 is 4.79 Å². The number of nitrogens with one attached hydrogen (secondary N) is 1. The van der Waals surface area contributed by atoms with Gasteiger partial charge in [0.05, 0.1) is 17.0 Å². The van der Waals surface area contributed by atoms with Gasteiger partial charge in [-0.2, -0.15) is 5.26 Å². The van der Waals surface area contributed by atoms with Gasteiger partial charge in [0, 0.05) is 20.1 Å². The van der Waals surface area contributed by atoms with E-state index in [1.807, 2.05) is 24.1 Å². The first-order chi connectivity index (χ1) is 10.1. The molecule has 1 fully saturated rings. The highest BCUT2D eigenvalue weighted by atomic mass is 16.2. The zero-order chi connectivity index (χ0) is 15.3. The summed E-state index contributed by atoms with van der Waals surface area (Å²) < 4.78 is 0. The second kappa shape index (κ2) is 6.73. The van der Waals surface area contributed by atoms with Crippen LogP contribution in [-0.2, 0) is 11.3 Å². The molecule has 2 rings (SSSR count). The fourth-order valence-corrected chi connectivity index (χ4v) is 3.16. The second-order valence-electron chi connectivity index (χ2n) is 5.93. The van der Waals surface area contributed by atoms with Gasteiger partial charge in [-0.1, -0.05) is 25.5 Å². The molecule has 0 saturated carbocycles. The van der Waals surface area contributed by atoms with Gasteiger partial charge in [0.1, 0.15) is 0 Å². The quantitative estimate of drug-likeness (QED) is 0.903. The molecule has 0 bridgehead atoms. The van der Waals surface area contributed by atoms with Crippen molar-refractivity contribution in [3.8, 4) is 6.07 Å². The lowest BCUT2D eigenvalue weighted by Crippen LogP contribution is -2.43. The van der Waals surface area contributed by atoms with E-state index in [9.17, 15) is 4.79 Å². The van der Waals surface area contributed by atoms with E-state index in [0.717, 1.165) is 37.9 Å². The van der Waals surface area contributed by atoms with E-state index >= 15 is 0 Å². The third-order valence-electron chi connectivity index (χ3n) is 4.28. The average Bonchev–Trinajstić information content (AvgIpc) is 2.97. The van der Waals surface area contributed by atoms with Crippen molar-refractivity contribution in [3.05, 3.63) is 35.4 Å². The Balaban J connectivity index is 2.05. The van der Waals surface area contributed by atoms with Gasteiger partial charge in [0.15, 0.2) is 0 Å². The minimum Gasteiger partial charge on any atom is -0.341 e. The van der Waals surface area contributed by atoms with Crippen LogP contribution >= 0.6 is 0 Å². The lowest BCUT2D eigenvalue weighted by atomic mass is 9.81. The summed E-state index contributed by atoms with van der Waals surface area (Å²) in [5.74, 6) is 0.235. The Hall–Kier alpha value is -1.86. The number of nitriles is 1. The summed E-state index contributed by atoms with van der Waals surface area (Å²) in [7, 11) is 1.87. The molecule has 0 radical (unpaired) electrons. The molecule has 1 aliphatic heterocycles. The fourth-order valence-electron chi connectivity index (χ4n) is 3.16. The van der Waals surface area contributed by atoms with Crippen molar-refractivity contribution in [2.45, 2.75) is 32.7 Å². The third-order valence-corrected chi connectivity index (χ3v) is 4.28. The molecule has 1 saturated heterocycles. The van der Waals surface area contributed by atoms with Crippen LogP contribution in [0.25, 0.3) is 0 Å². The lowest BCUT2D eigenvalue weighted by molar-refractivity contribution is -0.140. The van der Waals surface area contributed by atoms with Gasteiger partial charge < -0.3 is 10.2 Å². The summed E-state index contributed by atoms with van der Waals surface area (Å²) in [5.41, 5.74) is 1.48. The Morgan fingerprint density at radius 2 is 2.14 bits per heavy atom. The van der Waals surface area contributed by atoms with E-state index in [4.69, 9.17) is 5.26 Å². The predicted octanol–water partition coefficient (Wildman–Crippen LogP) is 2.30. The number of hydrogen-bond acceptors (Lipinski definition) is 3. The largest absolute Gasteiger partial charge is 0.341 e. The van der Waals surface area contributed by atoms with Crippen LogP contribution in [0.3, 0.4) is 0 Å². The summed E-state index contributed by atoms with van der Waals surface area (Å²) >= 11 is 0. The zero-order valence-electron chi connectivity index (χ0n) is 12.9. The van der Waals surface area contributed by atoms with E-state index in [1.165, 1.54) is 0 Å². The number of nitrogens with zero attached hydrogens (tertiary/aromatic N) is 2. The van der Waals surface area contributed by atoms with Crippen molar-refractivity contribution in [2.24, 2.45) is 5.41 Å². The molecule has 0 aliphatic carbocycles.